The number of hydrogen-bond acceptors (Lipinski definition) is 7. The van der Waals surface area contributed by atoms with Crippen LogP contribution in [0.1, 0.15) is 46.1 Å². The molecule has 0 saturated heterocycles. The molecule has 0 amide bonds. The van der Waals surface area contributed by atoms with E-state index in [1.54, 1.807) is 26.8 Å². The third kappa shape index (κ3) is 26.1. The zero-order valence-electron chi connectivity index (χ0n) is 22.3. The van der Waals surface area contributed by atoms with Crippen LogP contribution in [0.3, 0.4) is 0 Å². The van der Waals surface area contributed by atoms with Gasteiger partial charge in [0.1, 0.15) is 0 Å². The lowest BCUT2D eigenvalue weighted by molar-refractivity contribution is -0.139. The molecule has 1 aromatic carbocycles. The number of benzene rings is 1. The van der Waals surface area contributed by atoms with Gasteiger partial charge >= 0.3 is 17.9 Å². The second-order valence-electron chi connectivity index (χ2n) is 7.07. The number of carbonyl (C=O) groups is 3. The average molecular weight is 498 g/mol. The quantitative estimate of drug-likeness (QED) is 0.106. The highest BCUT2D eigenvalue weighted by Gasteiger charge is 2.00. The summed E-state index contributed by atoms with van der Waals surface area (Å²) in [6.07, 6.45) is 8.93. The fourth-order valence-corrected chi connectivity index (χ4v) is 1.61. The molecule has 0 N–H and O–H groups in total. The first-order valence-corrected chi connectivity index (χ1v) is 11.1. The molecule has 0 fully saturated rings. The van der Waals surface area contributed by atoms with Crippen LogP contribution in [0.4, 0.5) is 0 Å². The van der Waals surface area contributed by atoms with E-state index in [0.29, 0.717) is 23.3 Å². The summed E-state index contributed by atoms with van der Waals surface area (Å²) < 4.78 is 13.4. The first-order valence-electron chi connectivity index (χ1n) is 11.1. The Balaban J connectivity index is -0.000000416. The van der Waals surface area contributed by atoms with Gasteiger partial charge in [0.05, 0.1) is 26.9 Å². The minimum absolute atomic E-state index is 0.284. The average Bonchev–Trinajstić information content (AvgIpc) is 2.87. The van der Waals surface area contributed by atoms with Gasteiger partial charge in [-0.1, -0.05) is 81.6 Å². The van der Waals surface area contributed by atoms with Crippen molar-refractivity contribution >= 4 is 24.0 Å². The van der Waals surface area contributed by atoms with Crippen molar-refractivity contribution in [3.8, 4) is 6.07 Å². The van der Waals surface area contributed by atoms with Crippen LogP contribution in [0.2, 0.25) is 0 Å². The fraction of sp³-hybridized carbons (Fsp3) is 0.310. The Morgan fingerprint density at radius 2 is 1.33 bits per heavy atom. The molecule has 0 saturated carbocycles. The van der Waals surface area contributed by atoms with Crippen molar-refractivity contribution in [2.24, 2.45) is 0 Å². The molecule has 0 aliphatic rings. The Bertz CT molecular complexity index is 895. The van der Waals surface area contributed by atoms with Crippen LogP contribution in [0.15, 0.2) is 85.0 Å². The molecule has 1 aromatic rings. The molecule has 0 heterocycles. The summed E-state index contributed by atoms with van der Waals surface area (Å²) in [6, 6.07) is 11.9. The van der Waals surface area contributed by atoms with E-state index in [4.69, 9.17) is 10.00 Å². The van der Waals surface area contributed by atoms with E-state index in [-0.39, 0.29) is 17.9 Å². The maximum Gasteiger partial charge on any atom is 0.333 e. The van der Waals surface area contributed by atoms with Crippen molar-refractivity contribution in [3.63, 3.8) is 0 Å². The Hall–Kier alpha value is -4.18. The summed E-state index contributed by atoms with van der Waals surface area (Å²) in [5, 5.41) is 8.19. The number of rotatable bonds is 8. The number of unbranched alkanes of at least 4 members (excludes halogenated alkanes) is 1. The highest BCUT2D eigenvalue weighted by Crippen LogP contribution is 2.00. The molecule has 7 heteroatoms. The lowest BCUT2D eigenvalue weighted by Gasteiger charge is -2.01. The lowest BCUT2D eigenvalue weighted by atomic mass is 10.2. The van der Waals surface area contributed by atoms with Gasteiger partial charge in [0, 0.05) is 22.8 Å². The van der Waals surface area contributed by atoms with E-state index < -0.39 is 0 Å². The van der Waals surface area contributed by atoms with Gasteiger partial charge in [-0.2, -0.15) is 5.26 Å². The van der Waals surface area contributed by atoms with Crippen molar-refractivity contribution in [1.82, 2.24) is 0 Å². The van der Waals surface area contributed by atoms with Crippen molar-refractivity contribution in [2.45, 2.75) is 40.5 Å². The van der Waals surface area contributed by atoms with Gasteiger partial charge < -0.3 is 14.2 Å². The van der Waals surface area contributed by atoms with E-state index in [2.05, 4.69) is 36.1 Å². The second-order valence-corrected chi connectivity index (χ2v) is 7.07. The molecule has 1 rings (SSSR count). The summed E-state index contributed by atoms with van der Waals surface area (Å²) in [7, 11) is 2.66. The molecular formula is C29H39NO6. The molecule has 0 aliphatic heterocycles. The van der Waals surface area contributed by atoms with Gasteiger partial charge in [-0.15, -0.1) is 0 Å². The molecule has 0 bridgehead atoms. The van der Waals surface area contributed by atoms with E-state index in [1.165, 1.54) is 20.3 Å². The summed E-state index contributed by atoms with van der Waals surface area (Å²) in [6.45, 7) is 17.6. The summed E-state index contributed by atoms with van der Waals surface area (Å²) >= 11 is 0. The van der Waals surface area contributed by atoms with Crippen LogP contribution >= 0.6 is 0 Å². The SMILES string of the molecule is C=C(C)C(=O)OC.C=C(C)C(=O)OC.C=C(C)C(=O)OCCCC.N#CC=CC=Cc1ccccc1. The Labute approximate surface area is 216 Å². The standard InChI is InChI=1S/C11H9N.C8H14O2.2C5H8O2/c12-10-6-2-5-9-11-7-3-1-4-8-11;1-4-5-6-10-8(9)7(2)3;2*1-4(2)5(6)7-3/h1-9H;2,4-6H2,1,3H3;2*1H2,2-3H3. The monoisotopic (exact) mass is 497 g/mol. The van der Waals surface area contributed by atoms with E-state index in [0.717, 1.165) is 18.4 Å². The normalized spacial score (nSPS) is 9.03. The number of ether oxygens (including phenoxy) is 3. The predicted molar refractivity (Wildman–Crippen MR) is 145 cm³/mol. The second kappa shape index (κ2) is 25.4. The lowest BCUT2D eigenvalue weighted by Crippen LogP contribution is -2.05. The molecule has 7 nitrogen and oxygen atoms in total. The third-order valence-corrected chi connectivity index (χ3v) is 3.52. The maximum absolute atomic E-state index is 10.7. The largest absolute Gasteiger partial charge is 0.466 e. The van der Waals surface area contributed by atoms with Gasteiger partial charge in [-0.3, -0.25) is 0 Å². The van der Waals surface area contributed by atoms with Crippen molar-refractivity contribution < 1.29 is 28.6 Å². The first kappa shape index (κ1) is 36.4. The van der Waals surface area contributed by atoms with E-state index in [1.807, 2.05) is 48.6 Å². The Morgan fingerprint density at radius 3 is 1.67 bits per heavy atom. The fourth-order valence-electron chi connectivity index (χ4n) is 1.61. The van der Waals surface area contributed by atoms with Gasteiger partial charge in [0.25, 0.3) is 0 Å². The molecule has 0 atom stereocenters. The number of methoxy groups -OCH3 is 2. The highest BCUT2D eigenvalue weighted by atomic mass is 16.5. The van der Waals surface area contributed by atoms with Gasteiger partial charge in [0.2, 0.25) is 0 Å². The predicted octanol–water partition coefficient (Wildman–Crippen LogP) is 6.16. The van der Waals surface area contributed by atoms with E-state index >= 15 is 0 Å². The van der Waals surface area contributed by atoms with Crippen LogP contribution in [-0.4, -0.2) is 38.7 Å². The summed E-state index contributed by atoms with van der Waals surface area (Å²) in [4.78, 5) is 31.1. The van der Waals surface area contributed by atoms with Gasteiger partial charge in [0.15, 0.2) is 0 Å². The van der Waals surface area contributed by atoms with Crippen LogP contribution in [0.25, 0.3) is 6.08 Å². The first-order chi connectivity index (χ1) is 17.0. The Morgan fingerprint density at radius 1 is 0.861 bits per heavy atom. The molecule has 36 heavy (non-hydrogen) atoms. The molecular weight excluding hydrogens is 458 g/mol. The van der Waals surface area contributed by atoms with Gasteiger partial charge in [-0.25, -0.2) is 14.4 Å². The number of nitrogens with zero attached hydrogens (tertiary/aromatic N) is 1. The van der Waals surface area contributed by atoms with Crippen LogP contribution in [0, 0.1) is 11.3 Å². The van der Waals surface area contributed by atoms with Crippen LogP contribution in [-0.2, 0) is 28.6 Å². The molecule has 196 valence electrons. The molecule has 0 unspecified atom stereocenters. The number of esters is 3. The third-order valence-electron chi connectivity index (χ3n) is 3.52. The van der Waals surface area contributed by atoms with Crippen molar-refractivity contribution in [3.05, 3.63) is 90.6 Å². The van der Waals surface area contributed by atoms with Crippen LogP contribution < -0.4 is 0 Å². The van der Waals surface area contributed by atoms with Crippen molar-refractivity contribution in [2.75, 3.05) is 20.8 Å². The summed E-state index contributed by atoms with van der Waals surface area (Å²) in [5.41, 5.74) is 2.47. The Kier molecular flexibility index (Phi) is 25.7. The zero-order valence-corrected chi connectivity index (χ0v) is 22.3. The molecule has 0 spiro atoms. The molecule has 0 radical (unpaired) electrons. The molecule has 0 aromatic heterocycles. The number of nitriles is 1. The molecule has 0 aliphatic carbocycles. The summed E-state index contributed by atoms with van der Waals surface area (Å²) in [5.74, 6) is -0.978. The van der Waals surface area contributed by atoms with Gasteiger partial charge in [-0.05, 0) is 32.8 Å². The number of carbonyl (C=O) groups excluding carboxylic acids is 3. The van der Waals surface area contributed by atoms with Crippen LogP contribution in [0.5, 0.6) is 0 Å². The number of hydrogen-bond donors (Lipinski definition) is 0. The highest BCUT2D eigenvalue weighted by molar-refractivity contribution is 5.87. The smallest absolute Gasteiger partial charge is 0.333 e. The topological polar surface area (TPSA) is 103 Å². The van der Waals surface area contributed by atoms with Crippen molar-refractivity contribution in [1.29, 1.82) is 5.26 Å². The van der Waals surface area contributed by atoms with E-state index in [9.17, 15) is 14.4 Å². The minimum atomic E-state index is -0.347. The zero-order chi connectivity index (χ0) is 28.4. The minimum Gasteiger partial charge on any atom is -0.466 e. The maximum atomic E-state index is 10.7. The number of allylic oxidation sites excluding steroid dienone is 3.